The number of carbonyl (C=O) groups excluding carboxylic acids is 1. The van der Waals surface area contributed by atoms with Crippen LogP contribution in [0.1, 0.15) is 17.0 Å². The van der Waals surface area contributed by atoms with Gasteiger partial charge in [-0.1, -0.05) is 12.1 Å². The topological polar surface area (TPSA) is 105 Å². The van der Waals surface area contributed by atoms with Gasteiger partial charge in [-0.15, -0.1) is 0 Å². The molecule has 0 amide bonds. The van der Waals surface area contributed by atoms with Crippen LogP contribution in [0.5, 0.6) is 0 Å². The van der Waals surface area contributed by atoms with Gasteiger partial charge in [0.15, 0.2) is 0 Å². The van der Waals surface area contributed by atoms with Gasteiger partial charge in [-0.2, -0.15) is 10.2 Å². The van der Waals surface area contributed by atoms with Gasteiger partial charge in [0, 0.05) is 12.4 Å². The van der Waals surface area contributed by atoms with Gasteiger partial charge >= 0.3 is 11.7 Å². The average molecular weight is 355 g/mol. The molecule has 0 bridgehead atoms. The summed E-state index contributed by atoms with van der Waals surface area (Å²) in [4.78, 5) is 22.5. The van der Waals surface area contributed by atoms with Gasteiger partial charge in [-0.3, -0.25) is 19.6 Å². The number of ether oxygens (including phenoxy) is 1. The number of aromatic nitrogens is 4. The summed E-state index contributed by atoms with van der Waals surface area (Å²) in [5.74, 6) is -0.512. The normalized spacial score (nSPS) is 10.7. The Morgan fingerprint density at radius 1 is 1.27 bits per heavy atom. The number of esters is 1. The molecule has 0 unspecified atom stereocenters. The van der Waals surface area contributed by atoms with Crippen LogP contribution in [0, 0.1) is 24.0 Å². The Hall–Kier alpha value is -3.49. The predicted molar refractivity (Wildman–Crippen MR) is 91.7 cm³/mol. The molecule has 0 atom stereocenters. The van der Waals surface area contributed by atoms with Crippen molar-refractivity contribution in [3.05, 3.63) is 69.8 Å². The van der Waals surface area contributed by atoms with Crippen molar-refractivity contribution in [1.82, 2.24) is 19.6 Å². The first-order valence-corrected chi connectivity index (χ1v) is 7.88. The minimum absolute atomic E-state index is 0.0768. The summed E-state index contributed by atoms with van der Waals surface area (Å²) >= 11 is 0. The lowest BCUT2D eigenvalue weighted by molar-refractivity contribution is -0.386. The molecule has 9 heteroatoms. The second-order valence-corrected chi connectivity index (χ2v) is 5.71. The molecule has 3 aromatic rings. The lowest BCUT2D eigenvalue weighted by Gasteiger charge is -2.07. The van der Waals surface area contributed by atoms with Gasteiger partial charge in [-0.25, -0.2) is 4.68 Å². The summed E-state index contributed by atoms with van der Waals surface area (Å²) in [5, 5.41) is 19.2. The largest absolute Gasteiger partial charge is 0.459 e. The summed E-state index contributed by atoms with van der Waals surface area (Å²) in [6, 6.07) is 9.27. The van der Waals surface area contributed by atoms with Crippen LogP contribution >= 0.6 is 0 Å². The molecule has 0 saturated carbocycles. The SMILES string of the molecule is Cc1nn(CC(=O)OCc2ccc(-n3cccn3)cc2)c(C)c1[N+](=O)[O-]. The Bertz CT molecular complexity index is 929. The van der Waals surface area contributed by atoms with Crippen LogP contribution in [-0.2, 0) is 22.7 Å². The highest BCUT2D eigenvalue weighted by Gasteiger charge is 2.23. The highest BCUT2D eigenvalue weighted by molar-refractivity contribution is 5.69. The van der Waals surface area contributed by atoms with Crippen molar-refractivity contribution < 1.29 is 14.5 Å². The minimum atomic E-state index is -0.512. The van der Waals surface area contributed by atoms with E-state index in [1.807, 2.05) is 36.5 Å². The van der Waals surface area contributed by atoms with Gasteiger partial charge in [-0.05, 0) is 37.6 Å². The second kappa shape index (κ2) is 7.18. The first-order chi connectivity index (χ1) is 12.5. The third kappa shape index (κ3) is 3.61. The van der Waals surface area contributed by atoms with Crippen LogP contribution in [0.25, 0.3) is 5.69 Å². The molecule has 2 heterocycles. The fraction of sp³-hybridized carbons (Fsp3) is 0.235. The van der Waals surface area contributed by atoms with E-state index in [0.717, 1.165) is 11.3 Å². The van der Waals surface area contributed by atoms with Crippen molar-refractivity contribution in [3.63, 3.8) is 0 Å². The fourth-order valence-corrected chi connectivity index (χ4v) is 2.60. The van der Waals surface area contributed by atoms with E-state index in [0.29, 0.717) is 5.69 Å². The summed E-state index contributed by atoms with van der Waals surface area (Å²) in [5.41, 5.74) is 2.25. The fourth-order valence-electron chi connectivity index (χ4n) is 2.60. The van der Waals surface area contributed by atoms with Crippen LogP contribution in [0.3, 0.4) is 0 Å². The van der Waals surface area contributed by atoms with E-state index < -0.39 is 10.9 Å². The molecule has 0 saturated heterocycles. The molecule has 0 radical (unpaired) electrons. The highest BCUT2D eigenvalue weighted by Crippen LogP contribution is 2.21. The van der Waals surface area contributed by atoms with E-state index in [1.165, 1.54) is 11.6 Å². The average Bonchev–Trinajstić information content (AvgIpc) is 3.22. The Kier molecular flexibility index (Phi) is 4.78. The molecule has 1 aromatic carbocycles. The maximum atomic E-state index is 12.0. The zero-order chi connectivity index (χ0) is 18.7. The lowest BCUT2D eigenvalue weighted by atomic mass is 10.2. The first kappa shape index (κ1) is 17.3. The molecule has 9 nitrogen and oxygen atoms in total. The number of benzene rings is 1. The van der Waals surface area contributed by atoms with Gasteiger partial charge in [0.2, 0.25) is 0 Å². The lowest BCUT2D eigenvalue weighted by Crippen LogP contribution is -2.15. The van der Waals surface area contributed by atoms with Crippen molar-refractivity contribution in [1.29, 1.82) is 0 Å². The van der Waals surface area contributed by atoms with Crippen LogP contribution in [0.15, 0.2) is 42.7 Å². The molecule has 0 aliphatic rings. The number of carbonyl (C=O) groups is 1. The molecule has 134 valence electrons. The molecular weight excluding hydrogens is 338 g/mol. The Morgan fingerprint density at radius 2 is 2.00 bits per heavy atom. The summed E-state index contributed by atoms with van der Waals surface area (Å²) < 4.78 is 8.25. The van der Waals surface area contributed by atoms with Crippen LogP contribution in [0.2, 0.25) is 0 Å². The monoisotopic (exact) mass is 355 g/mol. The molecule has 3 rings (SSSR count). The zero-order valence-corrected chi connectivity index (χ0v) is 14.3. The molecule has 0 fully saturated rings. The molecule has 0 aliphatic heterocycles. The third-order valence-corrected chi connectivity index (χ3v) is 3.91. The van der Waals surface area contributed by atoms with Crippen molar-refractivity contribution in [2.45, 2.75) is 27.0 Å². The first-order valence-electron chi connectivity index (χ1n) is 7.88. The standard InChI is InChI=1S/C17H17N5O4/c1-12-17(22(24)25)13(2)21(19-12)10-16(23)26-11-14-4-6-15(7-5-14)20-9-3-8-18-20/h3-9H,10-11H2,1-2H3. The molecule has 0 N–H and O–H groups in total. The molecule has 2 aromatic heterocycles. The Morgan fingerprint density at radius 3 is 2.58 bits per heavy atom. The number of hydrogen-bond acceptors (Lipinski definition) is 6. The molecule has 0 aliphatic carbocycles. The smallest absolute Gasteiger partial charge is 0.328 e. The number of nitrogens with zero attached hydrogens (tertiary/aromatic N) is 5. The Balaban J connectivity index is 1.59. The summed E-state index contributed by atoms with van der Waals surface area (Å²) in [6.45, 7) is 3.03. The number of rotatable bonds is 6. The van der Waals surface area contributed by atoms with E-state index in [4.69, 9.17) is 4.74 Å². The van der Waals surface area contributed by atoms with Gasteiger partial charge < -0.3 is 4.74 Å². The van der Waals surface area contributed by atoms with Crippen LogP contribution in [-0.4, -0.2) is 30.5 Å². The highest BCUT2D eigenvalue weighted by atomic mass is 16.6. The van der Waals surface area contributed by atoms with Crippen molar-refractivity contribution >= 4 is 11.7 Å². The Labute approximate surface area is 149 Å². The predicted octanol–water partition coefficient (Wildman–Crippen LogP) is 2.34. The second-order valence-electron chi connectivity index (χ2n) is 5.71. The number of nitro groups is 1. The van der Waals surface area contributed by atoms with Gasteiger partial charge in [0.1, 0.15) is 24.5 Å². The van der Waals surface area contributed by atoms with Crippen molar-refractivity contribution in [2.24, 2.45) is 0 Å². The van der Waals surface area contributed by atoms with E-state index in [1.54, 1.807) is 17.8 Å². The van der Waals surface area contributed by atoms with E-state index >= 15 is 0 Å². The molecular formula is C17H17N5O4. The maximum Gasteiger partial charge on any atom is 0.328 e. The number of aryl methyl sites for hydroxylation is 1. The summed E-state index contributed by atoms with van der Waals surface area (Å²) in [6.07, 6.45) is 3.53. The van der Waals surface area contributed by atoms with Crippen molar-refractivity contribution in [3.8, 4) is 5.69 Å². The minimum Gasteiger partial charge on any atom is -0.459 e. The number of hydrogen-bond donors (Lipinski definition) is 0. The van der Waals surface area contributed by atoms with Crippen LogP contribution < -0.4 is 0 Å². The van der Waals surface area contributed by atoms with Crippen LogP contribution in [0.4, 0.5) is 5.69 Å². The zero-order valence-electron chi connectivity index (χ0n) is 14.3. The maximum absolute atomic E-state index is 12.0. The molecule has 0 spiro atoms. The molecule has 26 heavy (non-hydrogen) atoms. The van der Waals surface area contributed by atoms with E-state index in [-0.39, 0.29) is 24.5 Å². The van der Waals surface area contributed by atoms with E-state index in [9.17, 15) is 14.9 Å². The third-order valence-electron chi connectivity index (χ3n) is 3.91. The summed E-state index contributed by atoms with van der Waals surface area (Å²) in [7, 11) is 0. The van der Waals surface area contributed by atoms with Gasteiger partial charge in [0.25, 0.3) is 0 Å². The quantitative estimate of drug-likeness (QED) is 0.382. The van der Waals surface area contributed by atoms with Gasteiger partial charge in [0.05, 0.1) is 10.6 Å². The van der Waals surface area contributed by atoms with E-state index in [2.05, 4.69) is 10.2 Å². The van der Waals surface area contributed by atoms with Crippen molar-refractivity contribution in [2.75, 3.05) is 0 Å².